The third kappa shape index (κ3) is 3.72. The molecule has 25 heavy (non-hydrogen) atoms. The quantitative estimate of drug-likeness (QED) is 0.865. The number of nitriles is 1. The maximum absolute atomic E-state index is 12.7. The van der Waals surface area contributed by atoms with E-state index < -0.39 is 0 Å². The molecular formula is C21H23N3O. The molecule has 4 nitrogen and oxygen atoms in total. The Labute approximate surface area is 149 Å². The summed E-state index contributed by atoms with van der Waals surface area (Å²) >= 11 is 0. The highest BCUT2D eigenvalue weighted by atomic mass is 16.2. The number of aryl methyl sites for hydroxylation is 2. The zero-order chi connectivity index (χ0) is 17.8. The van der Waals surface area contributed by atoms with Gasteiger partial charge >= 0.3 is 0 Å². The van der Waals surface area contributed by atoms with Gasteiger partial charge in [0, 0.05) is 31.7 Å². The predicted molar refractivity (Wildman–Crippen MR) is 98.2 cm³/mol. The first-order valence-corrected chi connectivity index (χ1v) is 8.65. The molecule has 0 N–H and O–H groups in total. The molecule has 0 aliphatic carbocycles. The van der Waals surface area contributed by atoms with Crippen LogP contribution in [0.2, 0.25) is 0 Å². The van der Waals surface area contributed by atoms with Crippen LogP contribution < -0.4 is 0 Å². The van der Waals surface area contributed by atoms with Crippen LogP contribution in [0.4, 0.5) is 0 Å². The fourth-order valence-electron chi connectivity index (χ4n) is 3.24. The maximum atomic E-state index is 12.7. The Morgan fingerprint density at radius 2 is 1.68 bits per heavy atom. The van der Waals surface area contributed by atoms with Gasteiger partial charge in [-0.25, -0.2) is 0 Å². The SMILES string of the molecule is Cc1ccc(C(=O)N2CCN(C(C#N)c3ccccc3)CC2)cc1C. The molecular weight excluding hydrogens is 310 g/mol. The normalized spacial score (nSPS) is 16.3. The fraction of sp³-hybridized carbons (Fsp3) is 0.333. The van der Waals surface area contributed by atoms with Crippen molar-refractivity contribution in [2.45, 2.75) is 19.9 Å². The highest BCUT2D eigenvalue weighted by Gasteiger charge is 2.27. The second-order valence-corrected chi connectivity index (χ2v) is 6.57. The lowest BCUT2D eigenvalue weighted by Gasteiger charge is -2.37. The summed E-state index contributed by atoms with van der Waals surface area (Å²) in [6, 6.07) is 17.9. The second kappa shape index (κ2) is 7.50. The van der Waals surface area contributed by atoms with Gasteiger partial charge in [0.2, 0.25) is 0 Å². The number of piperazine rings is 1. The molecule has 0 bridgehead atoms. The van der Waals surface area contributed by atoms with Gasteiger partial charge in [0.15, 0.2) is 0 Å². The van der Waals surface area contributed by atoms with Crippen molar-refractivity contribution in [2.24, 2.45) is 0 Å². The molecule has 1 amide bonds. The van der Waals surface area contributed by atoms with Gasteiger partial charge in [-0.3, -0.25) is 9.69 Å². The monoisotopic (exact) mass is 333 g/mol. The van der Waals surface area contributed by atoms with E-state index in [1.165, 1.54) is 5.56 Å². The Morgan fingerprint density at radius 1 is 1.00 bits per heavy atom. The number of hydrogen-bond acceptors (Lipinski definition) is 3. The lowest BCUT2D eigenvalue weighted by molar-refractivity contribution is 0.0606. The Morgan fingerprint density at radius 3 is 2.28 bits per heavy atom. The van der Waals surface area contributed by atoms with Crippen molar-refractivity contribution in [1.29, 1.82) is 5.26 Å². The van der Waals surface area contributed by atoms with Crippen LogP contribution >= 0.6 is 0 Å². The summed E-state index contributed by atoms with van der Waals surface area (Å²) in [5, 5.41) is 9.57. The Bertz CT molecular complexity index is 787. The van der Waals surface area contributed by atoms with Crippen molar-refractivity contribution in [3.05, 3.63) is 70.8 Å². The van der Waals surface area contributed by atoms with Crippen molar-refractivity contribution in [3.63, 3.8) is 0 Å². The molecule has 0 radical (unpaired) electrons. The summed E-state index contributed by atoms with van der Waals surface area (Å²) in [7, 11) is 0. The summed E-state index contributed by atoms with van der Waals surface area (Å²) < 4.78 is 0. The Kier molecular flexibility index (Phi) is 5.16. The molecule has 1 fully saturated rings. The zero-order valence-corrected chi connectivity index (χ0v) is 14.8. The van der Waals surface area contributed by atoms with Gasteiger partial charge in [-0.2, -0.15) is 5.26 Å². The zero-order valence-electron chi connectivity index (χ0n) is 14.8. The average molecular weight is 333 g/mol. The largest absolute Gasteiger partial charge is 0.336 e. The third-order valence-corrected chi connectivity index (χ3v) is 4.96. The van der Waals surface area contributed by atoms with Gasteiger partial charge in [-0.1, -0.05) is 36.4 Å². The van der Waals surface area contributed by atoms with Crippen LogP contribution in [0.25, 0.3) is 0 Å². The fourth-order valence-corrected chi connectivity index (χ4v) is 3.24. The van der Waals surface area contributed by atoms with Crippen LogP contribution in [0, 0.1) is 25.2 Å². The minimum absolute atomic E-state index is 0.0796. The smallest absolute Gasteiger partial charge is 0.253 e. The number of carbonyl (C=O) groups is 1. The Hall–Kier alpha value is -2.64. The molecule has 0 aromatic heterocycles. The maximum Gasteiger partial charge on any atom is 0.253 e. The highest BCUT2D eigenvalue weighted by Crippen LogP contribution is 2.22. The molecule has 1 atom stereocenters. The van der Waals surface area contributed by atoms with E-state index >= 15 is 0 Å². The van der Waals surface area contributed by atoms with E-state index in [0.717, 1.165) is 16.7 Å². The standard InChI is InChI=1S/C21H23N3O/c1-16-8-9-19(14-17(16)2)21(25)24-12-10-23(11-13-24)20(15-22)18-6-4-3-5-7-18/h3-9,14,20H,10-13H2,1-2H3. The summed E-state index contributed by atoms with van der Waals surface area (Å²) in [5.74, 6) is 0.0796. The van der Waals surface area contributed by atoms with Crippen LogP contribution in [0.5, 0.6) is 0 Å². The molecule has 1 heterocycles. The lowest BCUT2D eigenvalue weighted by Crippen LogP contribution is -2.49. The molecule has 128 valence electrons. The summed E-state index contributed by atoms with van der Waals surface area (Å²) in [4.78, 5) is 16.8. The van der Waals surface area contributed by atoms with Gasteiger partial charge < -0.3 is 4.90 Å². The Balaban J connectivity index is 1.66. The van der Waals surface area contributed by atoms with Gasteiger partial charge in [-0.05, 0) is 42.7 Å². The first kappa shape index (κ1) is 17.2. The number of amides is 1. The van der Waals surface area contributed by atoms with E-state index in [2.05, 4.69) is 11.0 Å². The van der Waals surface area contributed by atoms with Crippen molar-refractivity contribution < 1.29 is 4.79 Å². The average Bonchev–Trinajstić information content (AvgIpc) is 2.65. The molecule has 2 aromatic rings. The van der Waals surface area contributed by atoms with Gasteiger partial charge in [0.25, 0.3) is 5.91 Å². The molecule has 3 rings (SSSR count). The summed E-state index contributed by atoms with van der Waals surface area (Å²) in [6.45, 7) is 6.80. The van der Waals surface area contributed by atoms with Crippen molar-refractivity contribution >= 4 is 5.91 Å². The topological polar surface area (TPSA) is 47.3 Å². The minimum atomic E-state index is -0.250. The third-order valence-electron chi connectivity index (χ3n) is 4.96. The minimum Gasteiger partial charge on any atom is -0.336 e. The van der Waals surface area contributed by atoms with Crippen LogP contribution in [-0.2, 0) is 0 Å². The number of rotatable bonds is 3. The molecule has 1 saturated heterocycles. The highest BCUT2D eigenvalue weighted by molar-refractivity contribution is 5.94. The number of carbonyl (C=O) groups excluding carboxylic acids is 1. The molecule has 0 spiro atoms. The molecule has 1 aliphatic heterocycles. The molecule has 4 heteroatoms. The van der Waals surface area contributed by atoms with Crippen molar-refractivity contribution in [1.82, 2.24) is 9.80 Å². The van der Waals surface area contributed by atoms with E-state index in [0.29, 0.717) is 26.2 Å². The number of nitrogens with zero attached hydrogens (tertiary/aromatic N) is 3. The summed E-state index contributed by atoms with van der Waals surface area (Å²) in [5.41, 5.74) is 4.09. The first-order valence-electron chi connectivity index (χ1n) is 8.65. The molecule has 2 aromatic carbocycles. The van der Waals surface area contributed by atoms with Crippen LogP contribution in [0.1, 0.15) is 33.1 Å². The van der Waals surface area contributed by atoms with E-state index in [9.17, 15) is 10.1 Å². The van der Waals surface area contributed by atoms with Crippen LogP contribution in [-0.4, -0.2) is 41.9 Å². The molecule has 1 aliphatic rings. The van der Waals surface area contributed by atoms with Crippen LogP contribution in [0.15, 0.2) is 48.5 Å². The first-order chi connectivity index (χ1) is 12.1. The van der Waals surface area contributed by atoms with Crippen molar-refractivity contribution in [2.75, 3.05) is 26.2 Å². The van der Waals surface area contributed by atoms with E-state index in [1.54, 1.807) is 0 Å². The lowest BCUT2D eigenvalue weighted by atomic mass is 10.0. The molecule has 1 unspecified atom stereocenters. The van der Waals surface area contributed by atoms with E-state index in [1.807, 2.05) is 67.3 Å². The number of benzene rings is 2. The van der Waals surface area contributed by atoms with Crippen LogP contribution in [0.3, 0.4) is 0 Å². The second-order valence-electron chi connectivity index (χ2n) is 6.57. The summed E-state index contributed by atoms with van der Waals surface area (Å²) in [6.07, 6.45) is 0. The van der Waals surface area contributed by atoms with Crippen molar-refractivity contribution in [3.8, 4) is 6.07 Å². The van der Waals surface area contributed by atoms with E-state index in [-0.39, 0.29) is 11.9 Å². The van der Waals surface area contributed by atoms with Gasteiger partial charge in [-0.15, -0.1) is 0 Å². The number of hydrogen-bond donors (Lipinski definition) is 0. The van der Waals surface area contributed by atoms with Gasteiger partial charge in [0.1, 0.15) is 6.04 Å². The van der Waals surface area contributed by atoms with Gasteiger partial charge in [0.05, 0.1) is 6.07 Å². The predicted octanol–water partition coefficient (Wildman–Crippen LogP) is 3.33. The van der Waals surface area contributed by atoms with E-state index in [4.69, 9.17) is 0 Å². The molecule has 0 saturated carbocycles.